The van der Waals surface area contributed by atoms with Crippen molar-refractivity contribution < 1.29 is 9.53 Å². The van der Waals surface area contributed by atoms with Crippen molar-refractivity contribution in [3.8, 4) is 22.7 Å². The second-order valence-electron chi connectivity index (χ2n) is 7.66. The van der Waals surface area contributed by atoms with E-state index < -0.39 is 0 Å². The number of methoxy groups -OCH3 is 1. The average molecular weight is 424 g/mol. The molecule has 0 aliphatic heterocycles. The van der Waals surface area contributed by atoms with Gasteiger partial charge in [0.05, 0.1) is 18.4 Å². The SMILES string of the molecule is COc1ccccc1-c1nn(-c2ccccc2)cc1C(=O)NNC(=S)NC(C)(C)C. The maximum Gasteiger partial charge on any atom is 0.273 e. The Morgan fingerprint density at radius 1 is 1.03 bits per heavy atom. The molecule has 8 heteroatoms. The minimum atomic E-state index is -0.365. The number of carbonyl (C=O) groups excluding carboxylic acids is 1. The number of thiocarbonyl (C=S) groups is 1. The summed E-state index contributed by atoms with van der Waals surface area (Å²) in [5.41, 5.74) is 7.61. The zero-order chi connectivity index (χ0) is 21.7. The molecule has 7 nitrogen and oxygen atoms in total. The summed E-state index contributed by atoms with van der Waals surface area (Å²) in [5, 5.41) is 8.08. The molecule has 0 saturated carbocycles. The molecule has 3 N–H and O–H groups in total. The highest BCUT2D eigenvalue weighted by Gasteiger charge is 2.21. The van der Waals surface area contributed by atoms with Crippen LogP contribution in [-0.4, -0.2) is 33.4 Å². The molecular weight excluding hydrogens is 398 g/mol. The standard InChI is InChI=1S/C22H25N5O2S/c1-22(2,3)23-21(30)25-24-20(28)17-14-27(15-10-6-5-7-11-15)26-19(17)16-12-8-9-13-18(16)29-4/h5-14H,1-4H3,(H,24,28)(H2,23,25,30). The molecule has 1 amide bonds. The van der Waals surface area contributed by atoms with E-state index in [0.717, 1.165) is 11.3 Å². The zero-order valence-electron chi connectivity index (χ0n) is 17.4. The van der Waals surface area contributed by atoms with E-state index in [1.54, 1.807) is 18.0 Å². The lowest BCUT2D eigenvalue weighted by Crippen LogP contribution is -2.52. The fraction of sp³-hybridized carbons (Fsp3) is 0.227. The summed E-state index contributed by atoms with van der Waals surface area (Å²) in [6.07, 6.45) is 1.69. The first-order chi connectivity index (χ1) is 14.3. The van der Waals surface area contributed by atoms with Crippen LogP contribution >= 0.6 is 12.2 Å². The van der Waals surface area contributed by atoms with Gasteiger partial charge >= 0.3 is 0 Å². The van der Waals surface area contributed by atoms with E-state index in [4.69, 9.17) is 17.0 Å². The summed E-state index contributed by atoms with van der Waals surface area (Å²) in [5.74, 6) is 0.263. The number of nitrogens with one attached hydrogen (secondary N) is 3. The third-order valence-corrected chi connectivity index (χ3v) is 4.32. The van der Waals surface area contributed by atoms with Crippen molar-refractivity contribution in [2.45, 2.75) is 26.3 Å². The molecule has 30 heavy (non-hydrogen) atoms. The highest BCUT2D eigenvalue weighted by molar-refractivity contribution is 7.80. The summed E-state index contributed by atoms with van der Waals surface area (Å²) in [4.78, 5) is 13.0. The number of hydrazine groups is 1. The van der Waals surface area contributed by atoms with Gasteiger partial charge in [-0.1, -0.05) is 30.3 Å². The molecular formula is C22H25N5O2S. The summed E-state index contributed by atoms with van der Waals surface area (Å²) >= 11 is 5.24. The van der Waals surface area contributed by atoms with Gasteiger partial charge < -0.3 is 10.1 Å². The Hall–Kier alpha value is -3.39. The van der Waals surface area contributed by atoms with Crippen LogP contribution in [0, 0.1) is 0 Å². The minimum Gasteiger partial charge on any atom is -0.496 e. The van der Waals surface area contributed by atoms with Gasteiger partial charge in [-0.15, -0.1) is 0 Å². The molecule has 0 radical (unpaired) electrons. The van der Waals surface area contributed by atoms with E-state index in [1.807, 2.05) is 75.4 Å². The van der Waals surface area contributed by atoms with E-state index in [1.165, 1.54) is 0 Å². The van der Waals surface area contributed by atoms with E-state index in [2.05, 4.69) is 21.3 Å². The van der Waals surface area contributed by atoms with Crippen molar-refractivity contribution in [3.05, 3.63) is 66.4 Å². The first-order valence-corrected chi connectivity index (χ1v) is 9.86. The number of aromatic nitrogens is 2. The molecule has 0 bridgehead atoms. The molecule has 0 fully saturated rings. The summed E-state index contributed by atoms with van der Waals surface area (Å²) in [7, 11) is 1.59. The first kappa shape index (κ1) is 21.3. The summed E-state index contributed by atoms with van der Waals surface area (Å²) in [6.45, 7) is 5.94. The molecule has 0 aliphatic rings. The number of carbonyl (C=O) groups is 1. The van der Waals surface area contributed by atoms with Crippen molar-refractivity contribution in [2.75, 3.05) is 7.11 Å². The quantitative estimate of drug-likeness (QED) is 0.441. The lowest BCUT2D eigenvalue weighted by molar-refractivity contribution is 0.0944. The maximum absolute atomic E-state index is 13.0. The molecule has 0 aliphatic carbocycles. The van der Waals surface area contributed by atoms with Crippen molar-refractivity contribution in [1.82, 2.24) is 25.9 Å². The van der Waals surface area contributed by atoms with E-state index in [9.17, 15) is 4.79 Å². The molecule has 2 aromatic carbocycles. The third-order valence-electron chi connectivity index (χ3n) is 4.12. The van der Waals surface area contributed by atoms with Crippen LogP contribution in [0.15, 0.2) is 60.8 Å². The monoisotopic (exact) mass is 423 g/mol. The van der Waals surface area contributed by atoms with Gasteiger partial charge in [-0.3, -0.25) is 15.6 Å². The zero-order valence-corrected chi connectivity index (χ0v) is 18.2. The van der Waals surface area contributed by atoms with Crippen LogP contribution in [-0.2, 0) is 0 Å². The van der Waals surface area contributed by atoms with Gasteiger partial charge in [-0.2, -0.15) is 5.10 Å². The fourth-order valence-corrected chi connectivity index (χ4v) is 3.20. The number of hydrogen-bond acceptors (Lipinski definition) is 4. The maximum atomic E-state index is 13.0. The van der Waals surface area contributed by atoms with Gasteiger partial charge in [-0.25, -0.2) is 4.68 Å². The molecule has 3 rings (SSSR count). The second-order valence-corrected chi connectivity index (χ2v) is 8.06. The number of hydrogen-bond donors (Lipinski definition) is 3. The number of nitrogens with zero attached hydrogens (tertiary/aromatic N) is 2. The topological polar surface area (TPSA) is 80.2 Å². The molecule has 0 unspecified atom stereocenters. The largest absolute Gasteiger partial charge is 0.496 e. The normalized spacial score (nSPS) is 10.9. The van der Waals surface area contributed by atoms with Gasteiger partial charge in [0.15, 0.2) is 5.11 Å². The molecule has 0 atom stereocenters. The molecule has 1 aromatic heterocycles. The van der Waals surface area contributed by atoms with Gasteiger partial charge in [-0.05, 0) is 57.3 Å². The van der Waals surface area contributed by atoms with Crippen LogP contribution < -0.4 is 20.9 Å². The van der Waals surface area contributed by atoms with Gasteiger partial charge in [0.25, 0.3) is 5.91 Å². The molecule has 0 saturated heterocycles. The Morgan fingerprint density at radius 3 is 2.37 bits per heavy atom. The van der Waals surface area contributed by atoms with Crippen LogP contribution in [0.3, 0.4) is 0 Å². The number of rotatable bonds is 4. The van der Waals surface area contributed by atoms with Gasteiger partial charge in [0.2, 0.25) is 0 Å². The number of para-hydroxylation sites is 2. The van der Waals surface area contributed by atoms with Crippen LogP contribution in [0.2, 0.25) is 0 Å². The van der Waals surface area contributed by atoms with Crippen molar-refractivity contribution in [3.63, 3.8) is 0 Å². The Morgan fingerprint density at radius 2 is 1.70 bits per heavy atom. The minimum absolute atomic E-state index is 0.227. The summed E-state index contributed by atoms with van der Waals surface area (Å²) in [6, 6.07) is 17.0. The van der Waals surface area contributed by atoms with Crippen LogP contribution in [0.4, 0.5) is 0 Å². The van der Waals surface area contributed by atoms with Gasteiger partial charge in [0, 0.05) is 17.3 Å². The number of benzene rings is 2. The molecule has 0 spiro atoms. The van der Waals surface area contributed by atoms with E-state index >= 15 is 0 Å². The highest BCUT2D eigenvalue weighted by Crippen LogP contribution is 2.31. The summed E-state index contributed by atoms with van der Waals surface area (Å²) < 4.78 is 7.14. The van der Waals surface area contributed by atoms with Crippen molar-refractivity contribution >= 4 is 23.2 Å². The Balaban J connectivity index is 1.95. The van der Waals surface area contributed by atoms with Crippen LogP contribution in [0.25, 0.3) is 16.9 Å². The third kappa shape index (κ3) is 5.15. The predicted octanol–water partition coefficient (Wildman–Crippen LogP) is 3.46. The average Bonchev–Trinajstić information content (AvgIpc) is 3.17. The number of amides is 1. The molecule has 3 aromatic rings. The smallest absolute Gasteiger partial charge is 0.273 e. The Bertz CT molecular complexity index is 1040. The number of ether oxygens (including phenoxy) is 1. The lowest BCUT2D eigenvalue weighted by atomic mass is 10.1. The fourth-order valence-electron chi connectivity index (χ4n) is 2.84. The molecule has 156 valence electrons. The van der Waals surface area contributed by atoms with E-state index in [0.29, 0.717) is 22.1 Å². The van der Waals surface area contributed by atoms with Crippen LogP contribution in [0.1, 0.15) is 31.1 Å². The predicted molar refractivity (Wildman–Crippen MR) is 122 cm³/mol. The second kappa shape index (κ2) is 8.96. The van der Waals surface area contributed by atoms with Gasteiger partial charge in [0.1, 0.15) is 11.4 Å². The van der Waals surface area contributed by atoms with E-state index in [-0.39, 0.29) is 11.4 Å². The Labute approximate surface area is 181 Å². The van der Waals surface area contributed by atoms with Crippen LogP contribution in [0.5, 0.6) is 5.75 Å². The highest BCUT2D eigenvalue weighted by atomic mass is 32.1. The molecule has 1 heterocycles. The first-order valence-electron chi connectivity index (χ1n) is 9.45. The van der Waals surface area contributed by atoms with Crippen molar-refractivity contribution in [2.24, 2.45) is 0 Å². The Kier molecular flexibility index (Phi) is 6.37. The van der Waals surface area contributed by atoms with Crippen molar-refractivity contribution in [1.29, 1.82) is 0 Å². The lowest BCUT2D eigenvalue weighted by Gasteiger charge is -2.23.